The van der Waals surface area contributed by atoms with Gasteiger partial charge in [0.1, 0.15) is 11.6 Å². The van der Waals surface area contributed by atoms with Crippen LogP contribution in [0.25, 0.3) is 0 Å². The van der Waals surface area contributed by atoms with Crippen LogP contribution < -0.4 is 4.84 Å². The Balaban J connectivity index is 1.72. The first-order valence-electron chi connectivity index (χ1n) is 8.66. The SMILES string of the molecule is CC/C(=N\Oc1ccccn1)c1ccc(CC(=O)c2c(F)cccc2F)nc1. The van der Waals surface area contributed by atoms with Gasteiger partial charge in [0.05, 0.1) is 17.7 Å². The van der Waals surface area contributed by atoms with Gasteiger partial charge in [-0.1, -0.05) is 24.2 Å². The van der Waals surface area contributed by atoms with Crippen molar-refractivity contribution in [1.82, 2.24) is 9.97 Å². The summed E-state index contributed by atoms with van der Waals surface area (Å²) in [6, 6.07) is 11.9. The summed E-state index contributed by atoms with van der Waals surface area (Å²) < 4.78 is 27.5. The van der Waals surface area contributed by atoms with Crippen LogP contribution in [0.5, 0.6) is 5.88 Å². The molecule has 0 atom stereocenters. The van der Waals surface area contributed by atoms with Gasteiger partial charge in [-0.15, -0.1) is 0 Å². The second-order valence-electron chi connectivity index (χ2n) is 5.89. The molecule has 0 aliphatic carbocycles. The highest BCUT2D eigenvalue weighted by Gasteiger charge is 2.18. The molecule has 0 spiro atoms. The van der Waals surface area contributed by atoms with Crippen molar-refractivity contribution in [3.63, 3.8) is 0 Å². The number of nitrogens with zero attached hydrogens (tertiary/aromatic N) is 3. The van der Waals surface area contributed by atoms with Crippen molar-refractivity contribution in [3.05, 3.63) is 89.4 Å². The van der Waals surface area contributed by atoms with Crippen LogP contribution in [0.2, 0.25) is 0 Å². The van der Waals surface area contributed by atoms with Gasteiger partial charge in [0.2, 0.25) is 5.88 Å². The zero-order valence-electron chi connectivity index (χ0n) is 15.1. The number of hydrogen-bond donors (Lipinski definition) is 0. The van der Waals surface area contributed by atoms with Gasteiger partial charge < -0.3 is 4.84 Å². The molecule has 142 valence electrons. The first-order chi connectivity index (χ1) is 13.6. The molecule has 7 heteroatoms. The number of carbonyl (C=O) groups excluding carboxylic acids is 1. The van der Waals surface area contributed by atoms with Crippen molar-refractivity contribution in [2.24, 2.45) is 5.16 Å². The highest BCUT2D eigenvalue weighted by Crippen LogP contribution is 2.15. The van der Waals surface area contributed by atoms with Crippen molar-refractivity contribution in [1.29, 1.82) is 0 Å². The molecule has 0 bridgehead atoms. The van der Waals surface area contributed by atoms with E-state index in [1.165, 1.54) is 6.07 Å². The molecule has 1 aromatic carbocycles. The zero-order chi connectivity index (χ0) is 19.9. The Morgan fingerprint density at radius 1 is 1.04 bits per heavy atom. The summed E-state index contributed by atoms with van der Waals surface area (Å²) in [6.45, 7) is 1.92. The van der Waals surface area contributed by atoms with Gasteiger partial charge in [-0.3, -0.25) is 9.78 Å². The molecule has 0 unspecified atom stereocenters. The largest absolute Gasteiger partial charge is 0.336 e. The summed E-state index contributed by atoms with van der Waals surface area (Å²) >= 11 is 0. The Kier molecular flexibility index (Phi) is 6.16. The molecule has 0 saturated carbocycles. The van der Waals surface area contributed by atoms with Gasteiger partial charge in [-0.05, 0) is 36.8 Å². The average Bonchev–Trinajstić information content (AvgIpc) is 2.70. The van der Waals surface area contributed by atoms with Crippen LogP contribution in [0.1, 0.15) is 35.0 Å². The zero-order valence-corrected chi connectivity index (χ0v) is 15.1. The number of Topliss-reactive ketones (excluding diaryl/α,β-unsaturated/α-hetero) is 1. The summed E-state index contributed by atoms with van der Waals surface area (Å²) in [5, 5.41) is 4.09. The van der Waals surface area contributed by atoms with E-state index in [0.29, 0.717) is 29.3 Å². The van der Waals surface area contributed by atoms with E-state index >= 15 is 0 Å². The number of carbonyl (C=O) groups is 1. The fraction of sp³-hybridized carbons (Fsp3) is 0.143. The lowest BCUT2D eigenvalue weighted by Crippen LogP contribution is -2.10. The van der Waals surface area contributed by atoms with E-state index in [-0.39, 0.29) is 6.42 Å². The topological polar surface area (TPSA) is 64.4 Å². The van der Waals surface area contributed by atoms with E-state index in [4.69, 9.17) is 4.84 Å². The Bertz CT molecular complexity index is 970. The lowest BCUT2D eigenvalue weighted by Gasteiger charge is -2.06. The van der Waals surface area contributed by atoms with Gasteiger partial charge in [-0.25, -0.2) is 13.8 Å². The van der Waals surface area contributed by atoms with Gasteiger partial charge >= 0.3 is 0 Å². The smallest absolute Gasteiger partial charge is 0.248 e. The van der Waals surface area contributed by atoms with E-state index < -0.39 is 23.0 Å². The number of pyridine rings is 2. The monoisotopic (exact) mass is 381 g/mol. The van der Waals surface area contributed by atoms with Crippen molar-refractivity contribution >= 4 is 11.5 Å². The number of benzene rings is 1. The van der Waals surface area contributed by atoms with E-state index in [0.717, 1.165) is 12.1 Å². The molecule has 0 aliphatic rings. The number of rotatable bonds is 7. The van der Waals surface area contributed by atoms with Crippen LogP contribution >= 0.6 is 0 Å². The van der Waals surface area contributed by atoms with Gasteiger partial charge in [0.25, 0.3) is 0 Å². The Hall–Kier alpha value is -3.48. The highest BCUT2D eigenvalue weighted by atomic mass is 19.1. The minimum atomic E-state index is -0.881. The molecule has 0 N–H and O–H groups in total. The Morgan fingerprint density at radius 3 is 2.43 bits per heavy atom. The van der Waals surface area contributed by atoms with Crippen LogP contribution in [0, 0.1) is 11.6 Å². The second-order valence-corrected chi connectivity index (χ2v) is 5.89. The maximum atomic E-state index is 13.7. The summed E-state index contributed by atoms with van der Waals surface area (Å²) in [6.07, 6.45) is 3.53. The van der Waals surface area contributed by atoms with E-state index in [9.17, 15) is 13.6 Å². The summed E-state index contributed by atoms with van der Waals surface area (Å²) in [7, 11) is 0. The van der Waals surface area contributed by atoms with E-state index in [1.54, 1.807) is 42.7 Å². The van der Waals surface area contributed by atoms with E-state index in [2.05, 4.69) is 15.1 Å². The van der Waals surface area contributed by atoms with Gasteiger partial charge in [-0.2, -0.15) is 0 Å². The van der Waals surface area contributed by atoms with Crippen LogP contribution in [0.3, 0.4) is 0 Å². The average molecular weight is 381 g/mol. The predicted molar refractivity (Wildman–Crippen MR) is 100 cm³/mol. The standard InChI is InChI=1S/C21H17F2N3O2/c1-2-18(26-28-20-8-3-4-11-24-20)14-9-10-15(25-13-14)12-19(27)21-16(22)6-5-7-17(21)23/h3-11,13H,2,12H2,1H3/b26-18+. The quantitative estimate of drug-likeness (QED) is 0.346. The van der Waals surface area contributed by atoms with Crippen molar-refractivity contribution in [3.8, 4) is 5.88 Å². The number of hydrogen-bond acceptors (Lipinski definition) is 5. The van der Waals surface area contributed by atoms with Gasteiger partial charge in [0.15, 0.2) is 5.78 Å². The predicted octanol–water partition coefficient (Wildman–Crippen LogP) is 4.37. The minimum absolute atomic E-state index is 0.207. The number of oxime groups is 1. The maximum absolute atomic E-state index is 13.7. The third-order valence-electron chi connectivity index (χ3n) is 3.96. The first kappa shape index (κ1) is 19.3. The molecule has 5 nitrogen and oxygen atoms in total. The van der Waals surface area contributed by atoms with Crippen LogP contribution in [0.4, 0.5) is 8.78 Å². The Morgan fingerprint density at radius 2 is 1.82 bits per heavy atom. The molecule has 28 heavy (non-hydrogen) atoms. The molecule has 0 aliphatic heterocycles. The van der Waals surface area contributed by atoms with Crippen LogP contribution in [-0.2, 0) is 6.42 Å². The molecular formula is C21H17F2N3O2. The third kappa shape index (κ3) is 4.62. The molecule has 0 amide bonds. The van der Waals surface area contributed by atoms with Crippen LogP contribution in [0.15, 0.2) is 66.1 Å². The molecule has 0 radical (unpaired) electrons. The number of aromatic nitrogens is 2. The molecule has 2 aromatic heterocycles. The highest BCUT2D eigenvalue weighted by molar-refractivity contribution is 6.00. The first-order valence-corrected chi connectivity index (χ1v) is 8.66. The lowest BCUT2D eigenvalue weighted by molar-refractivity contribution is 0.0984. The second kappa shape index (κ2) is 8.94. The molecule has 3 rings (SSSR count). The summed E-state index contributed by atoms with van der Waals surface area (Å²) in [4.78, 5) is 25.8. The fourth-order valence-electron chi connectivity index (χ4n) is 2.54. The summed E-state index contributed by atoms with van der Waals surface area (Å²) in [5.74, 6) is -2.06. The van der Waals surface area contributed by atoms with Crippen molar-refractivity contribution in [2.75, 3.05) is 0 Å². The number of ketones is 1. The van der Waals surface area contributed by atoms with Crippen LogP contribution in [-0.4, -0.2) is 21.5 Å². The fourth-order valence-corrected chi connectivity index (χ4v) is 2.54. The third-order valence-corrected chi connectivity index (χ3v) is 3.96. The van der Waals surface area contributed by atoms with E-state index in [1.807, 2.05) is 6.92 Å². The van der Waals surface area contributed by atoms with Crippen molar-refractivity contribution < 1.29 is 18.4 Å². The lowest BCUT2D eigenvalue weighted by atomic mass is 10.0. The van der Waals surface area contributed by atoms with Gasteiger partial charge in [0, 0.05) is 29.7 Å². The minimum Gasteiger partial charge on any atom is -0.336 e. The molecule has 0 saturated heterocycles. The Labute approximate surface area is 160 Å². The molecule has 2 heterocycles. The molecular weight excluding hydrogens is 364 g/mol. The molecule has 0 fully saturated rings. The maximum Gasteiger partial charge on any atom is 0.248 e. The summed E-state index contributed by atoms with van der Waals surface area (Å²) in [5.41, 5.74) is 1.22. The van der Waals surface area contributed by atoms with Crippen molar-refractivity contribution in [2.45, 2.75) is 19.8 Å². The molecule has 3 aromatic rings. The normalized spacial score (nSPS) is 11.3. The number of halogens is 2.